The molecule has 1 atom stereocenters. The number of amides is 2. The van der Waals surface area contributed by atoms with E-state index in [4.69, 9.17) is 15.4 Å². The zero-order valence-corrected chi connectivity index (χ0v) is 6.35. The number of carboxylic acids is 2. The van der Waals surface area contributed by atoms with Gasteiger partial charge in [0.1, 0.15) is 6.04 Å². The van der Waals surface area contributed by atoms with Crippen LogP contribution in [0.3, 0.4) is 0 Å². The van der Waals surface area contributed by atoms with Crippen molar-refractivity contribution in [2.24, 2.45) is 0 Å². The van der Waals surface area contributed by atoms with E-state index in [1.807, 2.05) is 0 Å². The van der Waals surface area contributed by atoms with Gasteiger partial charge in [-0.25, -0.2) is 15.1 Å². The summed E-state index contributed by atoms with van der Waals surface area (Å²) in [7, 11) is 0. The van der Waals surface area contributed by atoms with Gasteiger partial charge in [0.15, 0.2) is 0 Å². The van der Waals surface area contributed by atoms with Crippen molar-refractivity contribution >= 4 is 18.0 Å². The minimum atomic E-state index is -1.57. The summed E-state index contributed by atoms with van der Waals surface area (Å²) in [5.74, 6) is -2.86. The lowest BCUT2D eigenvalue weighted by Crippen LogP contribution is -2.46. The van der Waals surface area contributed by atoms with Crippen LogP contribution in [0.2, 0.25) is 0 Å². The molecule has 0 heterocycles. The number of aliphatic carboxylic acids is 2. The van der Waals surface area contributed by atoms with E-state index in [9.17, 15) is 14.4 Å². The standard InChI is InChI=1S/C5H8N2O6/c8-3(9)1-2(4(10)11)6-5(12)7-13/h2,13H,1H2,(H,8,9)(H,10,11)(H2,6,7,12)/t2-/m0/s1. The molecule has 0 fully saturated rings. The highest BCUT2D eigenvalue weighted by Gasteiger charge is 2.22. The molecule has 0 saturated carbocycles. The summed E-state index contributed by atoms with van der Waals surface area (Å²) < 4.78 is 0. The number of rotatable bonds is 4. The molecule has 0 aromatic carbocycles. The molecule has 2 amide bonds. The fourth-order valence-corrected chi connectivity index (χ4v) is 0.565. The van der Waals surface area contributed by atoms with E-state index in [-0.39, 0.29) is 0 Å². The van der Waals surface area contributed by atoms with Crippen molar-refractivity contribution in [1.82, 2.24) is 10.8 Å². The lowest BCUT2D eigenvalue weighted by molar-refractivity contribution is -0.145. The molecule has 74 valence electrons. The van der Waals surface area contributed by atoms with Crippen molar-refractivity contribution in [1.29, 1.82) is 0 Å². The van der Waals surface area contributed by atoms with E-state index in [1.54, 1.807) is 5.32 Å². The maximum atomic E-state index is 10.4. The Morgan fingerprint density at radius 3 is 2.08 bits per heavy atom. The van der Waals surface area contributed by atoms with Crippen molar-refractivity contribution in [2.75, 3.05) is 0 Å². The predicted molar refractivity (Wildman–Crippen MR) is 37.1 cm³/mol. The van der Waals surface area contributed by atoms with Crippen molar-refractivity contribution in [3.8, 4) is 0 Å². The van der Waals surface area contributed by atoms with Gasteiger partial charge in [-0.1, -0.05) is 0 Å². The molecule has 8 nitrogen and oxygen atoms in total. The third-order valence-electron chi connectivity index (χ3n) is 1.08. The lowest BCUT2D eigenvalue weighted by Gasteiger charge is -2.10. The minimum Gasteiger partial charge on any atom is -0.481 e. The number of hydrogen-bond acceptors (Lipinski definition) is 4. The van der Waals surface area contributed by atoms with E-state index >= 15 is 0 Å². The van der Waals surface area contributed by atoms with Crippen LogP contribution in [0.25, 0.3) is 0 Å². The summed E-state index contributed by atoms with van der Waals surface area (Å²) in [6.07, 6.45) is -0.761. The van der Waals surface area contributed by atoms with Crippen LogP contribution in [0.1, 0.15) is 6.42 Å². The van der Waals surface area contributed by atoms with Crippen LogP contribution in [0.15, 0.2) is 0 Å². The lowest BCUT2D eigenvalue weighted by atomic mass is 10.2. The Balaban J connectivity index is 4.18. The van der Waals surface area contributed by atoms with Crippen molar-refractivity contribution < 1.29 is 29.8 Å². The molecule has 0 aliphatic heterocycles. The van der Waals surface area contributed by atoms with Crippen LogP contribution in [0.4, 0.5) is 4.79 Å². The van der Waals surface area contributed by atoms with Gasteiger partial charge in [0.25, 0.3) is 0 Å². The molecule has 0 radical (unpaired) electrons. The van der Waals surface area contributed by atoms with Gasteiger partial charge in [0.05, 0.1) is 6.42 Å². The fraction of sp³-hybridized carbons (Fsp3) is 0.400. The average Bonchev–Trinajstić information content (AvgIpc) is 2.02. The van der Waals surface area contributed by atoms with Crippen molar-refractivity contribution in [2.45, 2.75) is 12.5 Å². The smallest absolute Gasteiger partial charge is 0.339 e. The topological polar surface area (TPSA) is 136 Å². The first-order chi connectivity index (χ1) is 5.97. The Morgan fingerprint density at radius 2 is 1.77 bits per heavy atom. The predicted octanol–water partition coefficient (Wildman–Crippen LogP) is -1.40. The van der Waals surface area contributed by atoms with Gasteiger partial charge in [-0.3, -0.25) is 10.0 Å². The third kappa shape index (κ3) is 4.58. The first-order valence-electron chi connectivity index (χ1n) is 3.12. The fourth-order valence-electron chi connectivity index (χ4n) is 0.565. The Labute approximate surface area is 72.1 Å². The normalized spacial score (nSPS) is 11.5. The number of carbonyl (C=O) groups excluding carboxylic acids is 1. The third-order valence-corrected chi connectivity index (χ3v) is 1.08. The molecule has 0 aliphatic carbocycles. The Hall–Kier alpha value is -1.83. The molecule has 0 saturated heterocycles. The van der Waals surface area contributed by atoms with Gasteiger partial charge < -0.3 is 15.5 Å². The SMILES string of the molecule is O=C(O)C[C@H](NC(=O)NO)C(=O)O. The van der Waals surface area contributed by atoms with Crippen LogP contribution in [-0.2, 0) is 9.59 Å². The number of carboxylic acid groups (broad SMARTS) is 2. The Morgan fingerprint density at radius 1 is 1.23 bits per heavy atom. The highest BCUT2D eigenvalue weighted by Crippen LogP contribution is 1.92. The molecule has 0 unspecified atom stereocenters. The molecule has 0 bridgehead atoms. The molecule has 0 rings (SSSR count). The first kappa shape index (κ1) is 11.2. The monoisotopic (exact) mass is 192 g/mol. The van der Waals surface area contributed by atoms with Crippen LogP contribution >= 0.6 is 0 Å². The zero-order chi connectivity index (χ0) is 10.4. The molecule has 0 aromatic heterocycles. The van der Waals surface area contributed by atoms with Crippen LogP contribution < -0.4 is 10.8 Å². The summed E-state index contributed by atoms with van der Waals surface area (Å²) in [5.41, 5.74) is 1.12. The summed E-state index contributed by atoms with van der Waals surface area (Å²) >= 11 is 0. The number of nitrogens with one attached hydrogen (secondary N) is 2. The molecular weight excluding hydrogens is 184 g/mol. The van der Waals surface area contributed by atoms with Gasteiger partial charge in [-0.15, -0.1) is 0 Å². The Bertz CT molecular complexity index is 227. The van der Waals surface area contributed by atoms with Gasteiger partial charge in [0, 0.05) is 0 Å². The van der Waals surface area contributed by atoms with Crippen LogP contribution in [0, 0.1) is 0 Å². The average molecular weight is 192 g/mol. The van der Waals surface area contributed by atoms with Gasteiger partial charge in [-0.2, -0.15) is 0 Å². The van der Waals surface area contributed by atoms with Crippen molar-refractivity contribution in [3.63, 3.8) is 0 Å². The van der Waals surface area contributed by atoms with Gasteiger partial charge >= 0.3 is 18.0 Å². The molecular formula is C5H8N2O6. The van der Waals surface area contributed by atoms with E-state index in [1.165, 1.54) is 0 Å². The second-order valence-electron chi connectivity index (χ2n) is 2.07. The summed E-state index contributed by atoms with van der Waals surface area (Å²) in [6, 6.07) is -2.74. The minimum absolute atomic E-state index is 0.761. The first-order valence-corrected chi connectivity index (χ1v) is 3.12. The maximum Gasteiger partial charge on any atom is 0.339 e. The van der Waals surface area contributed by atoms with E-state index < -0.39 is 30.4 Å². The molecule has 0 spiro atoms. The number of hydrogen-bond donors (Lipinski definition) is 5. The summed E-state index contributed by atoms with van der Waals surface area (Å²) in [6.45, 7) is 0. The maximum absolute atomic E-state index is 10.4. The number of urea groups is 1. The largest absolute Gasteiger partial charge is 0.481 e. The highest BCUT2D eigenvalue weighted by molar-refractivity contribution is 5.85. The summed E-state index contributed by atoms with van der Waals surface area (Å²) in [4.78, 5) is 30.8. The van der Waals surface area contributed by atoms with Gasteiger partial charge in [0.2, 0.25) is 0 Å². The van der Waals surface area contributed by atoms with Crippen molar-refractivity contribution in [3.05, 3.63) is 0 Å². The molecule has 0 aromatic rings. The quantitative estimate of drug-likeness (QED) is 0.274. The molecule has 8 heteroatoms. The molecule has 5 N–H and O–H groups in total. The van der Waals surface area contributed by atoms with Crippen LogP contribution in [-0.4, -0.2) is 39.4 Å². The second-order valence-corrected chi connectivity index (χ2v) is 2.07. The second kappa shape index (κ2) is 4.93. The zero-order valence-electron chi connectivity index (χ0n) is 6.35. The Kier molecular flexibility index (Phi) is 4.24. The molecule has 13 heavy (non-hydrogen) atoms. The van der Waals surface area contributed by atoms with E-state index in [0.717, 1.165) is 5.48 Å². The van der Waals surface area contributed by atoms with Gasteiger partial charge in [-0.05, 0) is 0 Å². The highest BCUT2D eigenvalue weighted by atomic mass is 16.5. The summed E-state index contributed by atoms with van der Waals surface area (Å²) in [5, 5.41) is 26.3. The molecule has 0 aliphatic rings. The van der Waals surface area contributed by atoms with E-state index in [0.29, 0.717) is 0 Å². The number of carbonyl (C=O) groups is 3. The van der Waals surface area contributed by atoms with Crippen LogP contribution in [0.5, 0.6) is 0 Å². The number of hydroxylamine groups is 1. The van der Waals surface area contributed by atoms with E-state index in [2.05, 4.69) is 0 Å².